The van der Waals surface area contributed by atoms with Gasteiger partial charge in [0.15, 0.2) is 0 Å². The Kier molecular flexibility index (Phi) is 4.35. The molecule has 0 radical (unpaired) electrons. The van der Waals surface area contributed by atoms with E-state index >= 15 is 0 Å². The van der Waals surface area contributed by atoms with Crippen LogP contribution in [0.3, 0.4) is 0 Å². The van der Waals surface area contributed by atoms with Crippen LogP contribution < -0.4 is 10.0 Å². The summed E-state index contributed by atoms with van der Waals surface area (Å²) in [4.78, 5) is 8.97. The van der Waals surface area contributed by atoms with Crippen molar-refractivity contribution in [3.05, 3.63) is 34.0 Å². The van der Waals surface area contributed by atoms with E-state index in [0.717, 1.165) is 9.75 Å². The van der Waals surface area contributed by atoms with E-state index in [1.807, 2.05) is 14.0 Å². The lowest BCUT2D eigenvalue weighted by Crippen LogP contribution is -2.24. The van der Waals surface area contributed by atoms with Gasteiger partial charge in [0.05, 0.1) is 11.4 Å². The Hall–Kier alpha value is -1.22. The van der Waals surface area contributed by atoms with E-state index in [0.29, 0.717) is 17.3 Å². The Morgan fingerprint density at radius 1 is 1.42 bits per heavy atom. The van der Waals surface area contributed by atoms with Crippen molar-refractivity contribution >= 4 is 21.4 Å². The number of aryl methyl sites for hydroxylation is 1. The first kappa shape index (κ1) is 14.2. The normalized spacial score (nSPS) is 11.9. The molecule has 2 rings (SSSR count). The molecular formula is C11H16N4O2S2. The van der Waals surface area contributed by atoms with E-state index in [1.54, 1.807) is 18.5 Å². The lowest BCUT2D eigenvalue weighted by atomic mass is 10.4. The van der Waals surface area contributed by atoms with Crippen LogP contribution in [0.15, 0.2) is 23.4 Å². The summed E-state index contributed by atoms with van der Waals surface area (Å²) < 4.78 is 26.9. The number of imidazole rings is 1. The van der Waals surface area contributed by atoms with Crippen LogP contribution in [0, 0.1) is 6.92 Å². The highest BCUT2D eigenvalue weighted by molar-refractivity contribution is 7.89. The van der Waals surface area contributed by atoms with Gasteiger partial charge in [-0.15, -0.1) is 11.3 Å². The minimum atomic E-state index is -3.49. The maximum Gasteiger partial charge on any atom is 0.242 e. The summed E-state index contributed by atoms with van der Waals surface area (Å²) in [5.41, 5.74) is 0. The van der Waals surface area contributed by atoms with E-state index in [4.69, 9.17) is 0 Å². The summed E-state index contributed by atoms with van der Waals surface area (Å²) in [6.07, 6.45) is 3.25. The Labute approximate surface area is 116 Å². The summed E-state index contributed by atoms with van der Waals surface area (Å²) in [6.45, 7) is 2.64. The molecule has 19 heavy (non-hydrogen) atoms. The van der Waals surface area contributed by atoms with Gasteiger partial charge in [-0.1, -0.05) is 0 Å². The summed E-state index contributed by atoms with van der Waals surface area (Å²) >= 11 is 1.48. The van der Waals surface area contributed by atoms with E-state index in [9.17, 15) is 8.42 Å². The van der Waals surface area contributed by atoms with Gasteiger partial charge in [-0.2, -0.15) is 0 Å². The average Bonchev–Trinajstić information content (AvgIpc) is 2.97. The second-order valence-electron chi connectivity index (χ2n) is 4.02. The Balaban J connectivity index is 2.14. The van der Waals surface area contributed by atoms with Crippen LogP contribution >= 0.6 is 11.3 Å². The second kappa shape index (κ2) is 5.83. The average molecular weight is 300 g/mol. The maximum absolute atomic E-state index is 12.2. The lowest BCUT2D eigenvalue weighted by molar-refractivity contribution is 0.579. The monoisotopic (exact) mass is 300 g/mol. The Bertz CT molecular complexity index is 632. The number of thiophene rings is 1. The molecule has 0 unspecified atom stereocenters. The third-order valence-corrected chi connectivity index (χ3v) is 5.26. The molecule has 0 spiro atoms. The van der Waals surface area contributed by atoms with Gasteiger partial charge in [-0.3, -0.25) is 0 Å². The Morgan fingerprint density at radius 3 is 2.84 bits per heavy atom. The number of hydrogen-bond donors (Lipinski definition) is 3. The predicted molar refractivity (Wildman–Crippen MR) is 74.4 cm³/mol. The first-order valence-corrected chi connectivity index (χ1v) is 8.04. The molecule has 0 atom stereocenters. The van der Waals surface area contributed by atoms with Crippen molar-refractivity contribution in [1.82, 2.24) is 20.0 Å². The molecule has 6 nitrogen and oxygen atoms in total. The number of nitrogens with zero attached hydrogens (tertiary/aromatic N) is 1. The molecular weight excluding hydrogens is 284 g/mol. The number of aromatic nitrogens is 2. The standard InChI is InChI=1S/C11H16N4O2S2/c1-8-10(5-9(18-8)6-12-2)19(16,17)15-7-11-13-3-4-14-11/h3-5,12,15H,6-7H2,1-2H3,(H,13,14). The van der Waals surface area contributed by atoms with E-state index in [2.05, 4.69) is 20.0 Å². The van der Waals surface area contributed by atoms with Crippen molar-refractivity contribution < 1.29 is 8.42 Å². The molecule has 0 bridgehead atoms. The van der Waals surface area contributed by atoms with Crippen molar-refractivity contribution in [3.8, 4) is 0 Å². The number of aromatic amines is 1. The van der Waals surface area contributed by atoms with Gasteiger partial charge in [0, 0.05) is 28.7 Å². The smallest absolute Gasteiger partial charge is 0.242 e. The molecule has 2 heterocycles. The molecule has 0 saturated carbocycles. The zero-order valence-electron chi connectivity index (χ0n) is 10.7. The van der Waals surface area contributed by atoms with Crippen molar-refractivity contribution in [2.45, 2.75) is 24.9 Å². The van der Waals surface area contributed by atoms with Crippen molar-refractivity contribution in [1.29, 1.82) is 0 Å². The molecule has 2 aromatic rings. The highest BCUT2D eigenvalue weighted by atomic mass is 32.2. The zero-order valence-corrected chi connectivity index (χ0v) is 12.4. The van der Waals surface area contributed by atoms with Crippen molar-refractivity contribution in [3.63, 3.8) is 0 Å². The molecule has 0 amide bonds. The summed E-state index contributed by atoms with van der Waals surface area (Å²) in [7, 11) is -1.66. The molecule has 3 N–H and O–H groups in total. The van der Waals surface area contributed by atoms with Crippen LogP contribution in [-0.4, -0.2) is 25.4 Å². The SMILES string of the molecule is CNCc1cc(S(=O)(=O)NCc2ncc[nH]2)c(C)s1. The molecule has 8 heteroatoms. The maximum atomic E-state index is 12.2. The fourth-order valence-electron chi connectivity index (χ4n) is 1.69. The zero-order chi connectivity index (χ0) is 13.9. The van der Waals surface area contributed by atoms with E-state index in [1.165, 1.54) is 11.3 Å². The third kappa shape index (κ3) is 3.41. The Morgan fingerprint density at radius 2 is 2.21 bits per heavy atom. The number of rotatable bonds is 6. The van der Waals surface area contributed by atoms with Crippen LogP contribution in [0.5, 0.6) is 0 Å². The van der Waals surface area contributed by atoms with Crippen LogP contribution in [0.4, 0.5) is 0 Å². The number of hydrogen-bond acceptors (Lipinski definition) is 5. The van der Waals surface area contributed by atoms with Crippen LogP contribution in [0.1, 0.15) is 15.6 Å². The fraction of sp³-hybridized carbons (Fsp3) is 0.364. The minimum absolute atomic E-state index is 0.159. The second-order valence-corrected chi connectivity index (χ2v) is 7.10. The first-order valence-electron chi connectivity index (χ1n) is 5.75. The lowest BCUT2D eigenvalue weighted by Gasteiger charge is -2.04. The predicted octanol–water partition coefficient (Wildman–Crippen LogP) is 0.978. The molecule has 0 aromatic carbocycles. The third-order valence-electron chi connectivity index (χ3n) is 2.55. The van der Waals surface area contributed by atoms with Gasteiger partial charge in [0.25, 0.3) is 0 Å². The first-order chi connectivity index (χ1) is 9.03. The topological polar surface area (TPSA) is 86.9 Å². The van der Waals surface area contributed by atoms with Crippen LogP contribution in [0.25, 0.3) is 0 Å². The van der Waals surface area contributed by atoms with Crippen LogP contribution in [0.2, 0.25) is 0 Å². The summed E-state index contributed by atoms with van der Waals surface area (Å²) in [5.74, 6) is 0.590. The summed E-state index contributed by atoms with van der Waals surface area (Å²) in [5, 5.41) is 3.01. The van der Waals surface area contributed by atoms with Crippen molar-refractivity contribution in [2.75, 3.05) is 7.05 Å². The van der Waals surface area contributed by atoms with Gasteiger partial charge in [0.2, 0.25) is 10.0 Å². The molecule has 104 valence electrons. The van der Waals surface area contributed by atoms with Gasteiger partial charge in [-0.25, -0.2) is 18.1 Å². The summed E-state index contributed by atoms with van der Waals surface area (Å²) in [6, 6.07) is 1.71. The molecule has 0 saturated heterocycles. The molecule has 2 aromatic heterocycles. The fourth-order valence-corrected chi connectivity index (χ4v) is 4.32. The minimum Gasteiger partial charge on any atom is -0.347 e. The molecule has 0 aliphatic carbocycles. The van der Waals surface area contributed by atoms with Crippen molar-refractivity contribution in [2.24, 2.45) is 0 Å². The van der Waals surface area contributed by atoms with Gasteiger partial charge in [-0.05, 0) is 20.0 Å². The number of nitrogens with one attached hydrogen (secondary N) is 3. The van der Waals surface area contributed by atoms with E-state index in [-0.39, 0.29) is 6.54 Å². The van der Waals surface area contributed by atoms with E-state index < -0.39 is 10.0 Å². The molecule has 0 fully saturated rings. The quantitative estimate of drug-likeness (QED) is 0.742. The van der Waals surface area contributed by atoms with Gasteiger partial charge < -0.3 is 10.3 Å². The molecule has 0 aliphatic heterocycles. The van der Waals surface area contributed by atoms with Crippen LogP contribution in [-0.2, 0) is 23.1 Å². The van der Waals surface area contributed by atoms with Gasteiger partial charge >= 0.3 is 0 Å². The number of H-pyrrole nitrogens is 1. The van der Waals surface area contributed by atoms with Gasteiger partial charge in [0.1, 0.15) is 5.82 Å². The molecule has 0 aliphatic rings. The number of sulfonamides is 1. The highest BCUT2D eigenvalue weighted by Crippen LogP contribution is 2.25. The highest BCUT2D eigenvalue weighted by Gasteiger charge is 2.19. The largest absolute Gasteiger partial charge is 0.347 e.